The van der Waals surface area contributed by atoms with Gasteiger partial charge in [0, 0.05) is 11.1 Å². The number of nitrogens with one attached hydrogen (secondary N) is 1. The fourth-order valence-corrected chi connectivity index (χ4v) is 3.37. The van der Waals surface area contributed by atoms with Crippen molar-refractivity contribution >= 4 is 16.9 Å². The minimum Gasteiger partial charge on any atom is -0.463 e. The number of aryl methyl sites for hydroxylation is 1. The number of carbonyl (C=O) groups is 1. The van der Waals surface area contributed by atoms with Crippen LogP contribution in [-0.2, 0) is 20.7 Å². The number of nitrogens with two attached hydrogens (primary N) is 1. The number of fused-ring (bicyclic) bond motifs is 1. The topological polar surface area (TPSA) is 118 Å². The standard InChI is InChI=1S/C21H21N3O4/c1-4-12-6-7-16-13(8-12)9-14(20(25)24-16)18-15(10-22)19(23)28-11(3)17(18)21(26)27-5-2/h6-9,18H,4-5,23H2,1-3H3,(H,24,25)/t18-/m0/s1. The number of hydrogen-bond donors (Lipinski definition) is 2. The number of benzene rings is 1. The molecule has 0 radical (unpaired) electrons. The van der Waals surface area contributed by atoms with Crippen LogP contribution in [-0.4, -0.2) is 17.6 Å². The second-order valence-electron chi connectivity index (χ2n) is 6.44. The highest BCUT2D eigenvalue weighted by atomic mass is 16.5. The number of H-pyrrole nitrogens is 1. The van der Waals surface area contributed by atoms with E-state index in [0.29, 0.717) is 5.52 Å². The van der Waals surface area contributed by atoms with Gasteiger partial charge in [0.2, 0.25) is 5.88 Å². The Morgan fingerprint density at radius 1 is 1.36 bits per heavy atom. The lowest BCUT2D eigenvalue weighted by Gasteiger charge is -2.26. The highest BCUT2D eigenvalue weighted by Gasteiger charge is 2.37. The molecule has 0 amide bonds. The van der Waals surface area contributed by atoms with Gasteiger partial charge in [-0.25, -0.2) is 4.79 Å². The number of nitriles is 1. The zero-order valence-electron chi connectivity index (χ0n) is 16.0. The summed E-state index contributed by atoms with van der Waals surface area (Å²) in [7, 11) is 0. The normalized spacial score (nSPS) is 16.7. The quantitative estimate of drug-likeness (QED) is 0.789. The molecule has 2 aromatic rings. The molecule has 28 heavy (non-hydrogen) atoms. The molecule has 1 aliphatic rings. The third-order valence-corrected chi connectivity index (χ3v) is 4.76. The number of esters is 1. The Morgan fingerprint density at radius 2 is 2.11 bits per heavy atom. The lowest BCUT2D eigenvalue weighted by Crippen LogP contribution is -2.29. The van der Waals surface area contributed by atoms with Crippen molar-refractivity contribution in [2.45, 2.75) is 33.1 Å². The summed E-state index contributed by atoms with van der Waals surface area (Å²) in [6.45, 7) is 5.42. The maximum Gasteiger partial charge on any atom is 0.338 e. The minimum absolute atomic E-state index is 0.00477. The first kappa shape index (κ1) is 19.2. The molecule has 0 saturated heterocycles. The van der Waals surface area contributed by atoms with Crippen LogP contribution in [0.2, 0.25) is 0 Å². The monoisotopic (exact) mass is 379 g/mol. The van der Waals surface area contributed by atoms with Gasteiger partial charge >= 0.3 is 5.97 Å². The van der Waals surface area contributed by atoms with Crippen molar-refractivity contribution in [2.75, 3.05) is 6.61 Å². The van der Waals surface area contributed by atoms with E-state index < -0.39 is 17.4 Å². The number of carbonyl (C=O) groups excluding carboxylic acids is 1. The summed E-state index contributed by atoms with van der Waals surface area (Å²) in [6.07, 6.45) is 0.838. The number of nitrogens with zero attached hydrogens (tertiary/aromatic N) is 1. The van der Waals surface area contributed by atoms with Crippen LogP contribution in [0.25, 0.3) is 10.9 Å². The molecule has 3 N–H and O–H groups in total. The molecule has 1 aromatic heterocycles. The van der Waals surface area contributed by atoms with Crippen molar-refractivity contribution in [1.29, 1.82) is 5.26 Å². The Balaban J connectivity index is 2.28. The number of rotatable bonds is 4. The van der Waals surface area contributed by atoms with Crippen molar-refractivity contribution in [3.05, 3.63) is 68.5 Å². The third kappa shape index (κ3) is 3.25. The first-order chi connectivity index (χ1) is 13.4. The molecule has 0 fully saturated rings. The Bertz CT molecular complexity index is 1120. The van der Waals surface area contributed by atoms with Crippen LogP contribution in [0.1, 0.15) is 37.8 Å². The summed E-state index contributed by atoms with van der Waals surface area (Å²) in [5.41, 5.74) is 7.61. The zero-order valence-corrected chi connectivity index (χ0v) is 16.0. The molecule has 0 aliphatic carbocycles. The van der Waals surface area contributed by atoms with Gasteiger partial charge in [-0.3, -0.25) is 4.79 Å². The van der Waals surface area contributed by atoms with E-state index in [-0.39, 0.29) is 35.0 Å². The number of allylic oxidation sites excluding steroid dienone is 2. The predicted molar refractivity (Wildman–Crippen MR) is 104 cm³/mol. The van der Waals surface area contributed by atoms with Crippen molar-refractivity contribution in [1.82, 2.24) is 4.98 Å². The van der Waals surface area contributed by atoms with Gasteiger partial charge in [0.15, 0.2) is 0 Å². The maximum absolute atomic E-state index is 12.8. The average molecular weight is 379 g/mol. The molecule has 3 rings (SSSR count). The summed E-state index contributed by atoms with van der Waals surface area (Å²) in [5.74, 6) is -1.52. The molecule has 7 nitrogen and oxygen atoms in total. The molecule has 0 spiro atoms. The first-order valence-corrected chi connectivity index (χ1v) is 9.02. The van der Waals surface area contributed by atoms with E-state index in [1.54, 1.807) is 19.9 Å². The van der Waals surface area contributed by atoms with E-state index in [9.17, 15) is 14.9 Å². The van der Waals surface area contributed by atoms with E-state index >= 15 is 0 Å². The summed E-state index contributed by atoms with van der Waals surface area (Å²) >= 11 is 0. The number of aromatic amines is 1. The van der Waals surface area contributed by atoms with E-state index in [2.05, 4.69) is 4.98 Å². The Hall–Kier alpha value is -3.53. The summed E-state index contributed by atoms with van der Waals surface area (Å²) in [6, 6.07) is 9.43. The molecule has 0 unspecified atom stereocenters. The smallest absolute Gasteiger partial charge is 0.338 e. The van der Waals surface area contributed by atoms with Crippen LogP contribution in [0, 0.1) is 11.3 Å². The summed E-state index contributed by atoms with van der Waals surface area (Å²) in [4.78, 5) is 28.3. The molecule has 7 heteroatoms. The van der Waals surface area contributed by atoms with Crippen molar-refractivity contribution < 1.29 is 14.3 Å². The van der Waals surface area contributed by atoms with Gasteiger partial charge in [-0.05, 0) is 49.4 Å². The minimum atomic E-state index is -0.962. The van der Waals surface area contributed by atoms with E-state index in [0.717, 1.165) is 17.4 Å². The lowest BCUT2D eigenvalue weighted by atomic mass is 9.83. The Labute approximate surface area is 162 Å². The zero-order chi connectivity index (χ0) is 20.4. The second kappa shape index (κ2) is 7.61. The lowest BCUT2D eigenvalue weighted by molar-refractivity contribution is -0.139. The summed E-state index contributed by atoms with van der Waals surface area (Å²) < 4.78 is 10.5. The molecule has 2 heterocycles. The number of ether oxygens (including phenoxy) is 2. The number of pyridine rings is 1. The van der Waals surface area contributed by atoms with Gasteiger partial charge in [-0.2, -0.15) is 5.26 Å². The van der Waals surface area contributed by atoms with E-state index in [1.807, 2.05) is 31.2 Å². The van der Waals surface area contributed by atoms with Crippen LogP contribution >= 0.6 is 0 Å². The van der Waals surface area contributed by atoms with Crippen LogP contribution in [0.15, 0.2) is 51.8 Å². The van der Waals surface area contributed by atoms with Gasteiger partial charge in [0.05, 0.1) is 18.1 Å². The predicted octanol–water partition coefficient (Wildman–Crippen LogP) is 2.74. The molecule has 0 saturated carbocycles. The molecule has 1 atom stereocenters. The van der Waals surface area contributed by atoms with Crippen molar-refractivity contribution in [2.24, 2.45) is 5.73 Å². The van der Waals surface area contributed by atoms with Gasteiger partial charge in [0.25, 0.3) is 5.56 Å². The first-order valence-electron chi connectivity index (χ1n) is 9.02. The second-order valence-corrected chi connectivity index (χ2v) is 6.44. The van der Waals surface area contributed by atoms with Crippen molar-refractivity contribution in [3.63, 3.8) is 0 Å². The van der Waals surface area contributed by atoms with Crippen LogP contribution in [0.4, 0.5) is 0 Å². The Kier molecular flexibility index (Phi) is 5.23. The highest BCUT2D eigenvalue weighted by Crippen LogP contribution is 2.38. The summed E-state index contributed by atoms with van der Waals surface area (Å²) in [5, 5.41) is 10.4. The SMILES string of the molecule is CCOC(=O)C1=C(C)OC(N)=C(C#N)[C@@H]1c1cc2cc(CC)ccc2[nH]c1=O. The van der Waals surface area contributed by atoms with Gasteiger partial charge in [-0.1, -0.05) is 13.0 Å². The molecule has 1 aliphatic heterocycles. The molecule has 0 bridgehead atoms. The van der Waals surface area contributed by atoms with Crippen LogP contribution in [0.5, 0.6) is 0 Å². The van der Waals surface area contributed by atoms with Crippen LogP contribution < -0.4 is 11.3 Å². The van der Waals surface area contributed by atoms with E-state index in [1.165, 1.54) is 0 Å². The van der Waals surface area contributed by atoms with Gasteiger partial charge in [0.1, 0.15) is 17.4 Å². The fourth-order valence-electron chi connectivity index (χ4n) is 3.37. The third-order valence-electron chi connectivity index (χ3n) is 4.76. The maximum atomic E-state index is 12.8. The van der Waals surface area contributed by atoms with Crippen molar-refractivity contribution in [3.8, 4) is 6.07 Å². The van der Waals surface area contributed by atoms with Crippen LogP contribution in [0.3, 0.4) is 0 Å². The highest BCUT2D eigenvalue weighted by molar-refractivity contribution is 5.93. The molecular weight excluding hydrogens is 358 g/mol. The molecule has 1 aromatic carbocycles. The molecular formula is C21H21N3O4. The average Bonchev–Trinajstić information content (AvgIpc) is 2.66. The van der Waals surface area contributed by atoms with Gasteiger partial charge < -0.3 is 20.2 Å². The molecule has 144 valence electrons. The number of aromatic nitrogens is 1. The largest absolute Gasteiger partial charge is 0.463 e. The Morgan fingerprint density at radius 3 is 2.75 bits per heavy atom. The fraction of sp³-hybridized carbons (Fsp3) is 0.286. The van der Waals surface area contributed by atoms with E-state index in [4.69, 9.17) is 15.2 Å². The number of hydrogen-bond acceptors (Lipinski definition) is 6. The van der Waals surface area contributed by atoms with Gasteiger partial charge in [-0.15, -0.1) is 0 Å².